The van der Waals surface area contributed by atoms with Crippen LogP contribution in [0.2, 0.25) is 0 Å². The largest absolute Gasteiger partial charge is 0.381 e. The van der Waals surface area contributed by atoms with E-state index in [-0.39, 0.29) is 0 Å². The molecule has 0 aromatic carbocycles. The molecule has 0 spiro atoms. The Labute approximate surface area is 102 Å². The van der Waals surface area contributed by atoms with Gasteiger partial charge in [0.15, 0.2) is 0 Å². The number of aryl methyl sites for hydroxylation is 2. The fourth-order valence-corrected chi connectivity index (χ4v) is 2.23. The van der Waals surface area contributed by atoms with Gasteiger partial charge < -0.3 is 14.8 Å². The Morgan fingerprint density at radius 2 is 2.41 bits per heavy atom. The molecule has 2 heterocycles. The molecule has 1 unspecified atom stereocenters. The smallest absolute Gasteiger partial charge is 0.129 e. The van der Waals surface area contributed by atoms with Crippen LogP contribution in [0.25, 0.3) is 0 Å². The van der Waals surface area contributed by atoms with Crippen molar-refractivity contribution in [1.82, 2.24) is 9.78 Å². The van der Waals surface area contributed by atoms with Gasteiger partial charge in [0, 0.05) is 32.2 Å². The molecule has 1 aliphatic rings. The molecule has 1 atom stereocenters. The Balaban J connectivity index is 1.89. The van der Waals surface area contributed by atoms with E-state index < -0.39 is 0 Å². The summed E-state index contributed by atoms with van der Waals surface area (Å²) in [7, 11) is 3.85. The van der Waals surface area contributed by atoms with Crippen molar-refractivity contribution in [3.05, 3.63) is 11.3 Å². The molecule has 1 N–H and O–H groups in total. The minimum absolute atomic E-state index is 0.560. The van der Waals surface area contributed by atoms with E-state index in [1.165, 1.54) is 0 Å². The summed E-state index contributed by atoms with van der Waals surface area (Å²) in [5.41, 5.74) is 2.17. The quantitative estimate of drug-likeness (QED) is 0.842. The molecule has 1 aliphatic heterocycles. The van der Waals surface area contributed by atoms with Gasteiger partial charge in [0.2, 0.25) is 0 Å². The summed E-state index contributed by atoms with van der Waals surface area (Å²) in [5.74, 6) is 1.59. The Morgan fingerprint density at radius 3 is 3.06 bits per heavy atom. The maximum Gasteiger partial charge on any atom is 0.129 e. The van der Waals surface area contributed by atoms with Gasteiger partial charge in [-0.3, -0.25) is 4.68 Å². The maximum atomic E-state index is 5.77. The van der Waals surface area contributed by atoms with Crippen LogP contribution in [0.4, 0.5) is 5.82 Å². The Morgan fingerprint density at radius 1 is 1.59 bits per heavy atom. The van der Waals surface area contributed by atoms with E-state index in [0.29, 0.717) is 12.5 Å². The highest BCUT2D eigenvalue weighted by molar-refractivity contribution is 5.46. The average Bonchev–Trinajstić information content (AvgIpc) is 2.88. The third kappa shape index (κ3) is 2.79. The first-order chi connectivity index (χ1) is 8.22. The zero-order valence-corrected chi connectivity index (χ0v) is 10.8. The minimum atomic E-state index is 0.560. The molecule has 0 bridgehead atoms. The molecule has 0 amide bonds. The summed E-state index contributed by atoms with van der Waals surface area (Å²) in [5, 5.41) is 7.54. The molecule has 96 valence electrons. The Hall–Kier alpha value is -1.07. The molecule has 1 fully saturated rings. The molecule has 1 saturated heterocycles. The van der Waals surface area contributed by atoms with Gasteiger partial charge in [-0.2, -0.15) is 5.10 Å². The normalized spacial score (nSPS) is 19.8. The molecule has 5 heteroatoms. The summed E-state index contributed by atoms with van der Waals surface area (Å²) >= 11 is 0. The summed E-state index contributed by atoms with van der Waals surface area (Å²) in [4.78, 5) is 0. The van der Waals surface area contributed by atoms with Crippen LogP contribution >= 0.6 is 0 Å². The van der Waals surface area contributed by atoms with Crippen LogP contribution in [0.1, 0.15) is 17.7 Å². The highest BCUT2D eigenvalue weighted by Crippen LogP contribution is 2.20. The van der Waals surface area contributed by atoms with Crippen molar-refractivity contribution in [2.45, 2.75) is 20.0 Å². The second kappa shape index (κ2) is 5.51. The van der Waals surface area contributed by atoms with Crippen molar-refractivity contribution in [1.29, 1.82) is 0 Å². The van der Waals surface area contributed by atoms with Gasteiger partial charge in [-0.25, -0.2) is 0 Å². The van der Waals surface area contributed by atoms with E-state index in [1.807, 2.05) is 25.7 Å². The topological polar surface area (TPSA) is 48.3 Å². The molecular weight excluding hydrogens is 218 g/mol. The lowest BCUT2D eigenvalue weighted by Crippen LogP contribution is -2.10. The zero-order chi connectivity index (χ0) is 12.3. The second-order valence-electron chi connectivity index (χ2n) is 4.53. The van der Waals surface area contributed by atoms with Crippen molar-refractivity contribution in [2.75, 3.05) is 32.2 Å². The Kier molecular flexibility index (Phi) is 4.02. The lowest BCUT2D eigenvalue weighted by atomic mass is 10.1. The van der Waals surface area contributed by atoms with Crippen LogP contribution < -0.4 is 5.32 Å². The number of aromatic nitrogens is 2. The van der Waals surface area contributed by atoms with Crippen molar-refractivity contribution in [3.8, 4) is 0 Å². The van der Waals surface area contributed by atoms with E-state index in [1.54, 1.807) is 0 Å². The van der Waals surface area contributed by atoms with E-state index in [0.717, 1.165) is 43.3 Å². The molecule has 5 nitrogen and oxygen atoms in total. The number of nitrogens with zero attached hydrogens (tertiary/aromatic N) is 2. The van der Waals surface area contributed by atoms with Crippen LogP contribution in [0, 0.1) is 12.8 Å². The zero-order valence-electron chi connectivity index (χ0n) is 10.8. The van der Waals surface area contributed by atoms with Gasteiger partial charge in [-0.1, -0.05) is 0 Å². The maximum absolute atomic E-state index is 5.77. The minimum Gasteiger partial charge on any atom is -0.381 e. The predicted molar refractivity (Wildman–Crippen MR) is 66.1 cm³/mol. The lowest BCUT2D eigenvalue weighted by molar-refractivity contribution is 0.0791. The molecule has 0 radical (unpaired) electrons. The highest BCUT2D eigenvalue weighted by atomic mass is 16.5. The van der Waals surface area contributed by atoms with Crippen LogP contribution in [-0.2, 0) is 23.1 Å². The van der Waals surface area contributed by atoms with Gasteiger partial charge in [-0.05, 0) is 13.3 Å². The van der Waals surface area contributed by atoms with Crippen molar-refractivity contribution >= 4 is 5.82 Å². The van der Waals surface area contributed by atoms with Crippen LogP contribution in [0.5, 0.6) is 0 Å². The van der Waals surface area contributed by atoms with Gasteiger partial charge in [0.1, 0.15) is 5.82 Å². The average molecular weight is 239 g/mol. The van der Waals surface area contributed by atoms with E-state index in [2.05, 4.69) is 10.4 Å². The summed E-state index contributed by atoms with van der Waals surface area (Å²) < 4.78 is 12.9. The highest BCUT2D eigenvalue weighted by Gasteiger charge is 2.17. The first kappa shape index (κ1) is 12.4. The van der Waals surface area contributed by atoms with E-state index in [4.69, 9.17) is 9.47 Å². The number of rotatable bonds is 5. The molecule has 1 aromatic rings. The van der Waals surface area contributed by atoms with E-state index in [9.17, 15) is 0 Å². The van der Waals surface area contributed by atoms with Crippen molar-refractivity contribution in [3.63, 3.8) is 0 Å². The van der Waals surface area contributed by atoms with E-state index >= 15 is 0 Å². The summed E-state index contributed by atoms with van der Waals surface area (Å²) in [6.45, 7) is 5.12. The molecule has 17 heavy (non-hydrogen) atoms. The van der Waals surface area contributed by atoms with Gasteiger partial charge in [0.05, 0.1) is 25.5 Å². The summed E-state index contributed by atoms with van der Waals surface area (Å²) in [6, 6.07) is 0. The predicted octanol–water partition coefficient (Wildman–Crippen LogP) is 1.32. The third-order valence-corrected chi connectivity index (χ3v) is 3.21. The van der Waals surface area contributed by atoms with Gasteiger partial charge in [-0.15, -0.1) is 0 Å². The summed E-state index contributed by atoms with van der Waals surface area (Å²) in [6.07, 6.45) is 1.12. The SMILES string of the molecule is CNc1c(COCC2CCOC2)c(C)nn1C. The number of anilines is 1. The molecule has 0 aliphatic carbocycles. The molecule has 1 aromatic heterocycles. The monoisotopic (exact) mass is 239 g/mol. The van der Waals surface area contributed by atoms with Crippen molar-refractivity contribution in [2.24, 2.45) is 13.0 Å². The third-order valence-electron chi connectivity index (χ3n) is 3.21. The Bertz CT molecular complexity index is 370. The number of ether oxygens (including phenoxy) is 2. The molecular formula is C12H21N3O2. The van der Waals surface area contributed by atoms with Gasteiger partial charge in [0.25, 0.3) is 0 Å². The van der Waals surface area contributed by atoms with Crippen LogP contribution in [0.15, 0.2) is 0 Å². The fourth-order valence-electron chi connectivity index (χ4n) is 2.23. The first-order valence-corrected chi connectivity index (χ1v) is 6.08. The molecule has 2 rings (SSSR count). The molecule has 0 saturated carbocycles. The number of nitrogens with one attached hydrogen (secondary N) is 1. The first-order valence-electron chi connectivity index (χ1n) is 6.08. The van der Waals surface area contributed by atoms with Crippen LogP contribution in [-0.4, -0.2) is 36.6 Å². The number of hydrogen-bond acceptors (Lipinski definition) is 4. The van der Waals surface area contributed by atoms with Crippen LogP contribution in [0.3, 0.4) is 0 Å². The fraction of sp³-hybridized carbons (Fsp3) is 0.750. The van der Waals surface area contributed by atoms with Gasteiger partial charge >= 0.3 is 0 Å². The lowest BCUT2D eigenvalue weighted by Gasteiger charge is -2.10. The second-order valence-corrected chi connectivity index (χ2v) is 4.53. The number of hydrogen-bond donors (Lipinski definition) is 1. The van der Waals surface area contributed by atoms with Crippen molar-refractivity contribution < 1.29 is 9.47 Å². The standard InChI is InChI=1S/C12H21N3O2/c1-9-11(12(13-2)15(3)14-9)8-17-7-10-4-5-16-6-10/h10,13H,4-8H2,1-3H3.